The summed E-state index contributed by atoms with van der Waals surface area (Å²) < 4.78 is 40.9. The molecule has 2 rings (SSSR count). The minimum atomic E-state index is -4.86. The average molecular weight is 446 g/mol. The number of anilines is 1. The van der Waals surface area contributed by atoms with E-state index in [0.717, 1.165) is 6.07 Å². The van der Waals surface area contributed by atoms with Crippen LogP contribution in [0.15, 0.2) is 23.0 Å². The molecule has 122 valence electrons. The van der Waals surface area contributed by atoms with Crippen LogP contribution in [0, 0.1) is 26.2 Å². The second-order valence-corrected chi connectivity index (χ2v) is 5.57. The first-order valence-corrected chi connectivity index (χ1v) is 7.17. The number of H-pyrrole nitrogens is 1. The maximum absolute atomic E-state index is 12.3. The molecule has 1 aromatic heterocycles. The second-order valence-electron chi connectivity index (χ2n) is 4.41. The quantitative estimate of drug-likeness (QED) is 0.689. The predicted molar refractivity (Wildman–Crippen MR) is 85.7 cm³/mol. The summed E-state index contributed by atoms with van der Waals surface area (Å²) in [5.41, 5.74) is 4.43. The number of alkyl halides is 3. The van der Waals surface area contributed by atoms with Gasteiger partial charge in [-0.05, 0) is 40.3 Å². The maximum atomic E-state index is 12.3. The number of nitrogen functional groups attached to an aromatic ring is 1. The van der Waals surface area contributed by atoms with Crippen molar-refractivity contribution in [2.24, 2.45) is 0 Å². The van der Waals surface area contributed by atoms with Gasteiger partial charge in [0.05, 0.1) is 3.57 Å². The molecule has 2 aromatic rings. The number of hydrogen-bond acceptors (Lipinski definition) is 5. The average Bonchev–Trinajstić information content (AvgIpc) is 2.47. The lowest BCUT2D eigenvalue weighted by Crippen LogP contribution is -2.18. The van der Waals surface area contributed by atoms with Crippen molar-refractivity contribution in [3.8, 4) is 29.0 Å². The third-order valence-electron chi connectivity index (χ3n) is 2.91. The zero-order valence-electron chi connectivity index (χ0n) is 11.5. The SMILES string of the molecule is N#Cc1c(N)[nH]c(=O)c(C#N)c1-c1ccc(OC(F)(F)F)c(I)c1. The number of rotatable bonds is 2. The molecule has 1 heterocycles. The number of aromatic amines is 1. The van der Waals surface area contributed by atoms with Gasteiger partial charge in [0.2, 0.25) is 0 Å². The summed E-state index contributed by atoms with van der Waals surface area (Å²) in [4.78, 5) is 14.0. The number of halogens is 4. The predicted octanol–water partition coefficient (Wildman–Crippen LogP) is 2.87. The Hall–Kier alpha value is -2.73. The normalized spacial score (nSPS) is 10.8. The Balaban J connectivity index is 2.70. The molecule has 0 aliphatic rings. The maximum Gasteiger partial charge on any atom is 0.573 e. The molecule has 1 aromatic carbocycles. The fourth-order valence-electron chi connectivity index (χ4n) is 2.00. The number of nitrogens with two attached hydrogens (primary N) is 1. The molecule has 0 saturated carbocycles. The van der Waals surface area contributed by atoms with Gasteiger partial charge in [0.15, 0.2) is 0 Å². The first-order chi connectivity index (χ1) is 11.2. The highest BCUT2D eigenvalue weighted by atomic mass is 127. The standard InChI is InChI=1S/C14H6F3IN4O2/c15-14(16,17)24-10-2-1-6(3-9(10)18)11-7(4-19)12(21)22-13(23)8(11)5-20/h1-3H,(H3,21,22,23). The Kier molecular flexibility index (Phi) is 4.71. The van der Waals surface area contributed by atoms with Crippen LogP contribution in [0.5, 0.6) is 5.75 Å². The van der Waals surface area contributed by atoms with Gasteiger partial charge in [-0.25, -0.2) is 0 Å². The highest BCUT2D eigenvalue weighted by Gasteiger charge is 2.32. The summed E-state index contributed by atoms with van der Waals surface area (Å²) in [7, 11) is 0. The topological polar surface area (TPSA) is 116 Å². The summed E-state index contributed by atoms with van der Waals surface area (Å²) >= 11 is 1.61. The van der Waals surface area contributed by atoms with E-state index in [4.69, 9.17) is 11.0 Å². The zero-order chi connectivity index (χ0) is 18.1. The smallest absolute Gasteiger partial charge is 0.405 e. The van der Waals surface area contributed by atoms with Crippen molar-refractivity contribution < 1.29 is 17.9 Å². The first kappa shape index (κ1) is 17.6. The van der Waals surface area contributed by atoms with Gasteiger partial charge in [0.1, 0.15) is 34.8 Å². The molecule has 0 atom stereocenters. The summed E-state index contributed by atoms with van der Waals surface area (Å²) in [5.74, 6) is -0.677. The molecule has 0 fully saturated rings. The van der Waals surface area contributed by atoms with E-state index >= 15 is 0 Å². The lowest BCUT2D eigenvalue weighted by molar-refractivity contribution is -0.274. The monoisotopic (exact) mass is 446 g/mol. The van der Waals surface area contributed by atoms with Crippen molar-refractivity contribution in [3.63, 3.8) is 0 Å². The molecule has 24 heavy (non-hydrogen) atoms. The van der Waals surface area contributed by atoms with E-state index in [1.807, 2.05) is 0 Å². The number of nitrogens with one attached hydrogen (secondary N) is 1. The summed E-state index contributed by atoms with van der Waals surface area (Å²) in [6.45, 7) is 0. The molecule has 3 N–H and O–H groups in total. The van der Waals surface area contributed by atoms with Crippen LogP contribution in [-0.2, 0) is 0 Å². The number of benzene rings is 1. The summed E-state index contributed by atoms with van der Waals surface area (Å²) in [5, 5.41) is 18.4. The Morgan fingerprint density at radius 2 is 1.83 bits per heavy atom. The lowest BCUT2D eigenvalue weighted by Gasteiger charge is -2.13. The number of nitriles is 2. The Morgan fingerprint density at radius 1 is 1.21 bits per heavy atom. The second kappa shape index (κ2) is 6.41. The van der Waals surface area contributed by atoms with Crippen molar-refractivity contribution in [2.75, 3.05) is 5.73 Å². The van der Waals surface area contributed by atoms with Gasteiger partial charge in [-0.1, -0.05) is 6.07 Å². The highest BCUT2D eigenvalue weighted by molar-refractivity contribution is 14.1. The molecule has 0 aliphatic carbocycles. The molecular formula is C14H6F3IN4O2. The zero-order valence-corrected chi connectivity index (χ0v) is 13.7. The fourth-order valence-corrected chi connectivity index (χ4v) is 2.62. The fraction of sp³-hybridized carbons (Fsp3) is 0.0714. The Morgan fingerprint density at radius 3 is 2.33 bits per heavy atom. The van der Waals surface area contributed by atoms with Gasteiger partial charge in [-0.2, -0.15) is 10.5 Å². The minimum Gasteiger partial charge on any atom is -0.405 e. The van der Waals surface area contributed by atoms with Crippen LogP contribution in [-0.4, -0.2) is 11.3 Å². The minimum absolute atomic E-state index is 0.0438. The van der Waals surface area contributed by atoms with E-state index < -0.39 is 17.7 Å². The van der Waals surface area contributed by atoms with Crippen molar-refractivity contribution in [1.82, 2.24) is 4.98 Å². The first-order valence-electron chi connectivity index (χ1n) is 6.09. The van der Waals surface area contributed by atoms with E-state index in [0.29, 0.717) is 0 Å². The third-order valence-corrected chi connectivity index (χ3v) is 3.76. The van der Waals surface area contributed by atoms with E-state index in [9.17, 15) is 23.2 Å². The van der Waals surface area contributed by atoms with E-state index in [-0.39, 0.29) is 31.6 Å². The van der Waals surface area contributed by atoms with Gasteiger partial charge >= 0.3 is 6.36 Å². The molecule has 0 bridgehead atoms. The largest absolute Gasteiger partial charge is 0.573 e. The van der Waals surface area contributed by atoms with Crippen LogP contribution < -0.4 is 16.0 Å². The summed E-state index contributed by atoms with van der Waals surface area (Å²) in [6, 6.07) is 6.95. The van der Waals surface area contributed by atoms with Crippen molar-refractivity contribution in [3.05, 3.63) is 43.2 Å². The molecule has 6 nitrogen and oxygen atoms in total. The van der Waals surface area contributed by atoms with Crippen LogP contribution in [0.2, 0.25) is 0 Å². The Bertz CT molecular complexity index is 955. The van der Waals surface area contributed by atoms with Crippen LogP contribution in [0.3, 0.4) is 0 Å². The number of aromatic nitrogens is 1. The molecule has 0 unspecified atom stereocenters. The van der Waals surface area contributed by atoms with Crippen molar-refractivity contribution >= 4 is 28.4 Å². The number of pyridine rings is 1. The van der Waals surface area contributed by atoms with Crippen LogP contribution in [0.4, 0.5) is 19.0 Å². The molecule has 0 spiro atoms. The Labute approximate surface area is 146 Å². The van der Waals surface area contributed by atoms with E-state index in [1.54, 1.807) is 34.7 Å². The van der Waals surface area contributed by atoms with Crippen LogP contribution in [0.25, 0.3) is 11.1 Å². The summed E-state index contributed by atoms with van der Waals surface area (Å²) in [6.07, 6.45) is -4.86. The van der Waals surface area contributed by atoms with Gasteiger partial charge in [-0.15, -0.1) is 13.2 Å². The van der Waals surface area contributed by atoms with Crippen molar-refractivity contribution in [1.29, 1.82) is 10.5 Å². The molecular weight excluding hydrogens is 440 g/mol. The molecule has 10 heteroatoms. The molecule has 0 saturated heterocycles. The lowest BCUT2D eigenvalue weighted by atomic mass is 9.96. The van der Waals surface area contributed by atoms with Gasteiger partial charge in [0, 0.05) is 5.56 Å². The van der Waals surface area contributed by atoms with Gasteiger partial charge in [0.25, 0.3) is 5.56 Å². The number of nitrogens with zero attached hydrogens (tertiary/aromatic N) is 2. The van der Waals surface area contributed by atoms with E-state index in [2.05, 4.69) is 9.72 Å². The number of hydrogen-bond donors (Lipinski definition) is 2. The van der Waals surface area contributed by atoms with Crippen molar-refractivity contribution in [2.45, 2.75) is 6.36 Å². The molecule has 0 aliphatic heterocycles. The molecule has 0 amide bonds. The van der Waals surface area contributed by atoms with E-state index in [1.165, 1.54) is 12.1 Å². The molecule has 0 radical (unpaired) electrons. The highest BCUT2D eigenvalue weighted by Crippen LogP contribution is 2.34. The third kappa shape index (κ3) is 3.44. The van der Waals surface area contributed by atoms with Crippen LogP contribution in [0.1, 0.15) is 11.1 Å². The van der Waals surface area contributed by atoms with Crippen LogP contribution >= 0.6 is 22.6 Å². The number of ether oxygens (including phenoxy) is 1. The van der Waals surface area contributed by atoms with Gasteiger partial charge in [-0.3, -0.25) is 4.79 Å². The van der Waals surface area contributed by atoms with Gasteiger partial charge < -0.3 is 15.5 Å².